The zero-order valence-corrected chi connectivity index (χ0v) is 25.5. The first kappa shape index (κ1) is 29.7. The minimum Gasteiger partial charge on any atom is -0.448 e. The van der Waals surface area contributed by atoms with E-state index in [2.05, 4.69) is 10.3 Å². The van der Waals surface area contributed by atoms with Crippen molar-refractivity contribution in [3.63, 3.8) is 0 Å². The number of hydrogen-bond acceptors (Lipinski definition) is 7. The van der Waals surface area contributed by atoms with Gasteiger partial charge in [-0.1, -0.05) is 97.1 Å². The molecule has 2 atom stereocenters. The summed E-state index contributed by atoms with van der Waals surface area (Å²) >= 11 is 3.11. The first-order valence-corrected chi connectivity index (χ1v) is 16.5. The summed E-state index contributed by atoms with van der Waals surface area (Å²) in [6.07, 6.45) is 3.87. The Labute approximate surface area is 265 Å². The van der Waals surface area contributed by atoms with Crippen LogP contribution in [-0.4, -0.2) is 50.6 Å². The normalized spacial score (nSPS) is 17.6. The van der Waals surface area contributed by atoms with Crippen molar-refractivity contribution in [3.8, 4) is 0 Å². The van der Waals surface area contributed by atoms with Crippen molar-refractivity contribution in [2.24, 2.45) is 0 Å². The fraction of sp³-hybridized carbons (Fsp3) is 0.200. The fourth-order valence-corrected chi connectivity index (χ4v) is 7.92. The SMILES string of the molecule is O=C(Cc1ccccc1)N[C@@H]1C(=O)N2C(C(=O)OC(c3ccccc3)c3ccccc3)=C(SCCc3cccnc3)CS[C@@H]12. The lowest BCUT2D eigenvalue weighted by atomic mass is 10.0. The van der Waals surface area contributed by atoms with Gasteiger partial charge >= 0.3 is 5.97 Å². The highest BCUT2D eigenvalue weighted by Gasteiger charge is 2.54. The number of nitrogens with one attached hydrogen (secondary N) is 1. The van der Waals surface area contributed by atoms with Gasteiger partial charge in [0.05, 0.1) is 6.42 Å². The van der Waals surface area contributed by atoms with Gasteiger partial charge in [-0.25, -0.2) is 4.79 Å². The van der Waals surface area contributed by atoms with E-state index in [1.54, 1.807) is 29.7 Å². The molecule has 0 spiro atoms. The van der Waals surface area contributed by atoms with E-state index in [0.717, 1.165) is 33.6 Å². The number of amides is 2. The van der Waals surface area contributed by atoms with Crippen molar-refractivity contribution in [1.29, 1.82) is 0 Å². The van der Waals surface area contributed by atoms with E-state index < -0.39 is 18.1 Å². The molecule has 4 aromatic rings. The Hall–Kier alpha value is -4.34. The lowest BCUT2D eigenvalue weighted by Gasteiger charge is -2.49. The number of pyridine rings is 1. The molecule has 3 heterocycles. The Balaban J connectivity index is 1.24. The number of carbonyl (C=O) groups is 3. The van der Waals surface area contributed by atoms with E-state index in [1.165, 1.54) is 4.90 Å². The van der Waals surface area contributed by atoms with Gasteiger partial charge < -0.3 is 10.1 Å². The summed E-state index contributed by atoms with van der Waals surface area (Å²) < 4.78 is 6.24. The zero-order chi connectivity index (χ0) is 30.3. The molecule has 1 saturated heterocycles. The number of fused-ring (bicyclic) bond motifs is 1. The number of rotatable bonds is 11. The second kappa shape index (κ2) is 14.0. The van der Waals surface area contributed by atoms with Gasteiger partial charge in [0.1, 0.15) is 17.1 Å². The lowest BCUT2D eigenvalue weighted by molar-refractivity contribution is -0.154. The third-order valence-corrected chi connectivity index (χ3v) is 10.0. The summed E-state index contributed by atoms with van der Waals surface area (Å²) in [5.74, 6) is 0.149. The van der Waals surface area contributed by atoms with Crippen LogP contribution in [0.5, 0.6) is 0 Å². The minimum absolute atomic E-state index is 0.179. The molecule has 1 fully saturated rings. The molecule has 2 aliphatic rings. The zero-order valence-electron chi connectivity index (χ0n) is 23.9. The van der Waals surface area contributed by atoms with E-state index in [-0.39, 0.29) is 29.3 Å². The van der Waals surface area contributed by atoms with Crippen LogP contribution in [0.4, 0.5) is 0 Å². The second-order valence-corrected chi connectivity index (χ2v) is 12.8. The smallest absolute Gasteiger partial charge is 0.356 e. The monoisotopic (exact) mass is 621 g/mol. The quantitative estimate of drug-likeness (QED) is 0.174. The predicted octanol–water partition coefficient (Wildman–Crippen LogP) is 5.54. The lowest BCUT2D eigenvalue weighted by Crippen LogP contribution is -2.70. The van der Waals surface area contributed by atoms with Crippen LogP contribution >= 0.6 is 23.5 Å². The van der Waals surface area contributed by atoms with Gasteiger partial charge in [0.2, 0.25) is 5.91 Å². The average Bonchev–Trinajstić information content (AvgIpc) is 3.07. The Morgan fingerprint density at radius 2 is 1.55 bits per heavy atom. The number of hydrogen-bond donors (Lipinski definition) is 1. The predicted molar refractivity (Wildman–Crippen MR) is 173 cm³/mol. The van der Waals surface area contributed by atoms with Crippen LogP contribution in [0.1, 0.15) is 28.4 Å². The molecule has 2 aliphatic heterocycles. The standard InChI is InChI=1S/C35H31N3O4S2/c39-29(21-24-11-4-1-5-12-24)37-30-33(40)38-31(28(23-44-34(30)38)43-20-18-25-13-10-19-36-22-25)35(41)42-32(26-14-6-2-7-15-26)27-16-8-3-9-17-27/h1-17,19,22,30,32,34H,18,20-21,23H2,(H,37,39)/t30-,34+/m1/s1. The Bertz CT molecular complexity index is 1600. The van der Waals surface area contributed by atoms with Crippen LogP contribution in [0.15, 0.2) is 126 Å². The maximum Gasteiger partial charge on any atom is 0.356 e. The molecule has 222 valence electrons. The van der Waals surface area contributed by atoms with Crippen molar-refractivity contribution < 1.29 is 19.1 Å². The first-order valence-electron chi connectivity index (χ1n) is 14.4. The molecule has 7 nitrogen and oxygen atoms in total. The van der Waals surface area contributed by atoms with Gasteiger partial charge in [-0.2, -0.15) is 0 Å². The van der Waals surface area contributed by atoms with Gasteiger partial charge in [-0.05, 0) is 34.7 Å². The van der Waals surface area contributed by atoms with Crippen molar-refractivity contribution in [2.75, 3.05) is 11.5 Å². The summed E-state index contributed by atoms with van der Waals surface area (Å²) in [7, 11) is 0. The van der Waals surface area contributed by atoms with Gasteiger partial charge in [-0.3, -0.25) is 19.5 Å². The van der Waals surface area contributed by atoms with Crippen LogP contribution in [0.2, 0.25) is 0 Å². The fourth-order valence-electron chi connectivity index (χ4n) is 5.28. The maximum absolute atomic E-state index is 14.1. The Morgan fingerprint density at radius 1 is 0.909 bits per heavy atom. The highest BCUT2D eigenvalue weighted by Crippen LogP contribution is 2.44. The van der Waals surface area contributed by atoms with Crippen molar-refractivity contribution in [3.05, 3.63) is 148 Å². The summed E-state index contributed by atoms with van der Waals surface area (Å²) in [4.78, 5) is 47.1. The van der Waals surface area contributed by atoms with Crippen molar-refractivity contribution >= 4 is 41.3 Å². The molecule has 9 heteroatoms. The van der Waals surface area contributed by atoms with Crippen LogP contribution < -0.4 is 5.32 Å². The summed E-state index contributed by atoms with van der Waals surface area (Å²) in [5, 5.41) is 2.52. The number of thioether (sulfide) groups is 2. The molecular formula is C35H31N3O4S2. The van der Waals surface area contributed by atoms with E-state index in [0.29, 0.717) is 11.5 Å². The van der Waals surface area contributed by atoms with Crippen molar-refractivity contribution in [1.82, 2.24) is 15.2 Å². The molecule has 3 aromatic carbocycles. The molecule has 1 aromatic heterocycles. The summed E-state index contributed by atoms with van der Waals surface area (Å²) in [6.45, 7) is 0. The molecule has 0 saturated carbocycles. The topological polar surface area (TPSA) is 88.6 Å². The maximum atomic E-state index is 14.1. The molecular weight excluding hydrogens is 591 g/mol. The number of aromatic nitrogens is 1. The third-order valence-electron chi connectivity index (χ3n) is 7.47. The molecule has 0 radical (unpaired) electrons. The second-order valence-electron chi connectivity index (χ2n) is 10.5. The van der Waals surface area contributed by atoms with Gasteiger partial charge in [0.15, 0.2) is 6.10 Å². The van der Waals surface area contributed by atoms with E-state index in [9.17, 15) is 14.4 Å². The first-order chi connectivity index (χ1) is 21.6. The van der Waals surface area contributed by atoms with Crippen LogP contribution in [0.3, 0.4) is 0 Å². The van der Waals surface area contributed by atoms with Gasteiger partial charge in [-0.15, -0.1) is 23.5 Å². The van der Waals surface area contributed by atoms with E-state index in [4.69, 9.17) is 4.74 Å². The highest BCUT2D eigenvalue weighted by atomic mass is 32.2. The molecule has 1 N–H and O–H groups in total. The van der Waals surface area contributed by atoms with Crippen LogP contribution in [0.25, 0.3) is 0 Å². The van der Waals surface area contributed by atoms with E-state index >= 15 is 0 Å². The van der Waals surface area contributed by atoms with Crippen LogP contribution in [0, 0.1) is 0 Å². The number of esters is 1. The number of aryl methyl sites for hydroxylation is 1. The number of ether oxygens (including phenoxy) is 1. The Morgan fingerprint density at radius 3 is 2.18 bits per heavy atom. The Kier molecular flexibility index (Phi) is 9.43. The molecule has 0 aliphatic carbocycles. The number of β-lactam (4-membered cyclic amide) rings is 1. The van der Waals surface area contributed by atoms with Crippen LogP contribution in [-0.2, 0) is 32.0 Å². The molecule has 44 heavy (non-hydrogen) atoms. The highest BCUT2D eigenvalue weighted by molar-refractivity contribution is 8.06. The van der Waals surface area contributed by atoms with Gasteiger partial charge in [0.25, 0.3) is 5.91 Å². The molecule has 0 unspecified atom stereocenters. The van der Waals surface area contributed by atoms with Gasteiger partial charge in [0, 0.05) is 28.8 Å². The number of carbonyl (C=O) groups excluding carboxylic acids is 3. The largest absolute Gasteiger partial charge is 0.448 e. The summed E-state index contributed by atoms with van der Waals surface area (Å²) in [5.41, 5.74) is 3.90. The number of nitrogens with zero attached hydrogens (tertiary/aromatic N) is 2. The summed E-state index contributed by atoms with van der Waals surface area (Å²) in [6, 6.07) is 31.8. The van der Waals surface area contributed by atoms with E-state index in [1.807, 2.05) is 109 Å². The van der Waals surface area contributed by atoms with Crippen molar-refractivity contribution in [2.45, 2.75) is 30.4 Å². The number of benzene rings is 3. The molecule has 2 amide bonds. The molecule has 0 bridgehead atoms. The third kappa shape index (κ3) is 6.74. The average molecular weight is 622 g/mol. The minimum atomic E-state index is -0.708. The molecule has 6 rings (SSSR count).